The van der Waals surface area contributed by atoms with Gasteiger partial charge < -0.3 is 4.90 Å². The fourth-order valence-corrected chi connectivity index (χ4v) is 2.16. The zero-order valence-electron chi connectivity index (χ0n) is 12.7. The number of pyridine rings is 1. The van der Waals surface area contributed by atoms with Crippen LogP contribution in [-0.2, 0) is 6.42 Å². The van der Waals surface area contributed by atoms with E-state index in [9.17, 15) is 4.79 Å². The summed E-state index contributed by atoms with van der Waals surface area (Å²) in [6.45, 7) is 3.77. The second-order valence-electron chi connectivity index (χ2n) is 5.45. The smallest absolute Gasteiger partial charge is 0.164 e. The Morgan fingerprint density at radius 2 is 1.71 bits per heavy atom. The van der Waals surface area contributed by atoms with Crippen molar-refractivity contribution in [1.29, 1.82) is 0 Å². The third kappa shape index (κ3) is 5.12. The summed E-state index contributed by atoms with van der Waals surface area (Å²) in [6, 6.07) is 11.9. The van der Waals surface area contributed by atoms with Gasteiger partial charge in [0.15, 0.2) is 5.78 Å². The summed E-state index contributed by atoms with van der Waals surface area (Å²) in [7, 11) is 2.06. The molecule has 110 valence electrons. The maximum atomic E-state index is 12.1. The average Bonchev–Trinajstić information content (AvgIpc) is 2.52. The summed E-state index contributed by atoms with van der Waals surface area (Å²) < 4.78 is 0. The van der Waals surface area contributed by atoms with Crippen molar-refractivity contribution in [2.45, 2.75) is 19.8 Å². The Bertz CT molecular complexity index is 564. The Labute approximate surface area is 126 Å². The zero-order valence-corrected chi connectivity index (χ0v) is 12.7. The van der Waals surface area contributed by atoms with Gasteiger partial charge in [0.2, 0.25) is 0 Å². The van der Waals surface area contributed by atoms with Crippen LogP contribution < -0.4 is 0 Å². The Kier molecular flexibility index (Phi) is 5.64. The summed E-state index contributed by atoms with van der Waals surface area (Å²) in [5.74, 6) is 0.214. The van der Waals surface area contributed by atoms with Gasteiger partial charge in [0.05, 0.1) is 0 Å². The first-order chi connectivity index (χ1) is 10.1. The average molecular weight is 282 g/mol. The van der Waals surface area contributed by atoms with Crippen LogP contribution in [0.4, 0.5) is 0 Å². The predicted molar refractivity (Wildman–Crippen MR) is 85.6 cm³/mol. The molecule has 0 amide bonds. The number of likely N-dealkylation sites (N-methyl/N-ethyl adjacent to an activating group) is 1. The summed E-state index contributed by atoms with van der Waals surface area (Å²) in [5.41, 5.74) is 3.27. The Balaban J connectivity index is 1.74. The molecule has 0 aliphatic heterocycles. The van der Waals surface area contributed by atoms with E-state index in [1.54, 1.807) is 0 Å². The number of benzene rings is 1. The number of hydrogen-bond donors (Lipinski definition) is 0. The maximum Gasteiger partial charge on any atom is 0.164 e. The fourth-order valence-electron chi connectivity index (χ4n) is 2.16. The molecule has 3 heteroatoms. The van der Waals surface area contributed by atoms with E-state index in [1.807, 2.05) is 55.7 Å². The Morgan fingerprint density at radius 1 is 1.05 bits per heavy atom. The number of Topliss-reactive ketones (excluding diaryl/α,β-unsaturated/α-hetero) is 1. The summed E-state index contributed by atoms with van der Waals surface area (Å²) in [6.07, 6.45) is 5.18. The molecule has 0 saturated heterocycles. The van der Waals surface area contributed by atoms with Crippen molar-refractivity contribution in [2.24, 2.45) is 0 Å². The molecule has 0 saturated carbocycles. The Hall–Kier alpha value is -2.00. The summed E-state index contributed by atoms with van der Waals surface area (Å²) in [4.78, 5) is 18.3. The molecule has 0 radical (unpaired) electrons. The molecule has 3 nitrogen and oxygen atoms in total. The normalized spacial score (nSPS) is 10.8. The molecule has 21 heavy (non-hydrogen) atoms. The van der Waals surface area contributed by atoms with E-state index in [0.29, 0.717) is 6.42 Å². The van der Waals surface area contributed by atoms with Gasteiger partial charge in [-0.2, -0.15) is 0 Å². The van der Waals surface area contributed by atoms with Gasteiger partial charge in [-0.05, 0) is 38.1 Å². The molecule has 0 fully saturated rings. The molecule has 0 spiro atoms. The van der Waals surface area contributed by atoms with Crippen LogP contribution >= 0.6 is 0 Å². The van der Waals surface area contributed by atoms with Crippen LogP contribution in [0.1, 0.15) is 27.9 Å². The van der Waals surface area contributed by atoms with Gasteiger partial charge in [-0.3, -0.25) is 9.78 Å². The fraction of sp³-hybridized carbons (Fsp3) is 0.333. The van der Waals surface area contributed by atoms with Crippen molar-refractivity contribution in [3.05, 3.63) is 65.5 Å². The van der Waals surface area contributed by atoms with E-state index in [-0.39, 0.29) is 5.78 Å². The van der Waals surface area contributed by atoms with E-state index < -0.39 is 0 Å². The van der Waals surface area contributed by atoms with Gasteiger partial charge in [-0.25, -0.2) is 0 Å². The third-order valence-corrected chi connectivity index (χ3v) is 3.63. The highest BCUT2D eigenvalue weighted by atomic mass is 16.1. The van der Waals surface area contributed by atoms with E-state index in [0.717, 1.165) is 25.1 Å². The Morgan fingerprint density at radius 3 is 2.38 bits per heavy atom. The largest absolute Gasteiger partial charge is 0.306 e. The quantitative estimate of drug-likeness (QED) is 0.731. The monoisotopic (exact) mass is 282 g/mol. The SMILES string of the molecule is Cc1ccc(C(=O)CCN(C)CCc2ccncc2)cc1. The lowest BCUT2D eigenvalue weighted by atomic mass is 10.1. The lowest BCUT2D eigenvalue weighted by molar-refractivity contribution is 0.0969. The molecule has 0 N–H and O–H groups in total. The molecule has 2 aromatic rings. The highest BCUT2D eigenvalue weighted by Gasteiger charge is 2.07. The standard InChI is InChI=1S/C18H22N2O/c1-15-3-5-17(6-4-15)18(21)10-14-20(2)13-9-16-7-11-19-12-8-16/h3-8,11-12H,9-10,13-14H2,1-2H3. The first-order valence-corrected chi connectivity index (χ1v) is 7.32. The molecule has 0 aliphatic rings. The number of nitrogens with zero attached hydrogens (tertiary/aromatic N) is 2. The van der Waals surface area contributed by atoms with E-state index in [4.69, 9.17) is 0 Å². The minimum Gasteiger partial charge on any atom is -0.306 e. The maximum absolute atomic E-state index is 12.1. The number of ketones is 1. The van der Waals surface area contributed by atoms with Crippen LogP contribution in [-0.4, -0.2) is 35.8 Å². The lowest BCUT2D eigenvalue weighted by Crippen LogP contribution is -2.24. The van der Waals surface area contributed by atoms with E-state index in [2.05, 4.69) is 16.9 Å². The number of carbonyl (C=O) groups is 1. The molecule has 2 rings (SSSR count). The topological polar surface area (TPSA) is 33.2 Å². The molecule has 0 atom stereocenters. The zero-order chi connectivity index (χ0) is 15.1. The molecule has 0 bridgehead atoms. The van der Waals surface area contributed by atoms with Crippen molar-refractivity contribution in [2.75, 3.05) is 20.1 Å². The van der Waals surface area contributed by atoms with Crippen LogP contribution in [0.25, 0.3) is 0 Å². The number of carbonyl (C=O) groups excluding carboxylic acids is 1. The first kappa shape index (κ1) is 15.4. The van der Waals surface area contributed by atoms with Gasteiger partial charge in [0, 0.05) is 37.5 Å². The molecule has 0 unspecified atom stereocenters. The van der Waals surface area contributed by atoms with Crippen LogP contribution in [0.5, 0.6) is 0 Å². The van der Waals surface area contributed by atoms with Crippen molar-refractivity contribution in [3.8, 4) is 0 Å². The number of rotatable bonds is 7. The van der Waals surface area contributed by atoms with Crippen molar-refractivity contribution >= 4 is 5.78 Å². The lowest BCUT2D eigenvalue weighted by Gasteiger charge is -2.16. The minimum absolute atomic E-state index is 0.214. The van der Waals surface area contributed by atoms with E-state index in [1.165, 1.54) is 11.1 Å². The van der Waals surface area contributed by atoms with Crippen molar-refractivity contribution in [1.82, 2.24) is 9.88 Å². The second kappa shape index (κ2) is 7.70. The van der Waals surface area contributed by atoms with Crippen molar-refractivity contribution < 1.29 is 4.79 Å². The molecule has 1 aromatic heterocycles. The molecule has 1 heterocycles. The van der Waals surface area contributed by atoms with Gasteiger partial charge in [-0.15, -0.1) is 0 Å². The van der Waals surface area contributed by atoms with Gasteiger partial charge in [0.1, 0.15) is 0 Å². The number of aryl methyl sites for hydroxylation is 1. The summed E-state index contributed by atoms with van der Waals surface area (Å²) >= 11 is 0. The second-order valence-corrected chi connectivity index (χ2v) is 5.45. The number of hydrogen-bond acceptors (Lipinski definition) is 3. The minimum atomic E-state index is 0.214. The first-order valence-electron chi connectivity index (χ1n) is 7.32. The van der Waals surface area contributed by atoms with Crippen LogP contribution in [0.2, 0.25) is 0 Å². The van der Waals surface area contributed by atoms with Crippen molar-refractivity contribution in [3.63, 3.8) is 0 Å². The van der Waals surface area contributed by atoms with Crippen LogP contribution in [0.15, 0.2) is 48.8 Å². The molecule has 0 aliphatic carbocycles. The molecule has 1 aromatic carbocycles. The van der Waals surface area contributed by atoms with Gasteiger partial charge in [-0.1, -0.05) is 29.8 Å². The van der Waals surface area contributed by atoms with Crippen LogP contribution in [0, 0.1) is 6.92 Å². The molecular weight excluding hydrogens is 260 g/mol. The predicted octanol–water partition coefficient (Wildman–Crippen LogP) is 3.14. The summed E-state index contributed by atoms with van der Waals surface area (Å²) in [5, 5.41) is 0. The third-order valence-electron chi connectivity index (χ3n) is 3.63. The number of aromatic nitrogens is 1. The van der Waals surface area contributed by atoms with Gasteiger partial charge in [0.25, 0.3) is 0 Å². The van der Waals surface area contributed by atoms with Crippen LogP contribution in [0.3, 0.4) is 0 Å². The highest BCUT2D eigenvalue weighted by Crippen LogP contribution is 2.07. The molecular formula is C18H22N2O. The van der Waals surface area contributed by atoms with E-state index >= 15 is 0 Å². The van der Waals surface area contributed by atoms with Gasteiger partial charge >= 0.3 is 0 Å². The highest BCUT2D eigenvalue weighted by molar-refractivity contribution is 5.96.